The van der Waals surface area contributed by atoms with Crippen molar-refractivity contribution in [2.24, 2.45) is 5.90 Å². The van der Waals surface area contributed by atoms with Crippen molar-refractivity contribution >= 4 is 5.69 Å². The second-order valence-electron chi connectivity index (χ2n) is 3.93. The van der Waals surface area contributed by atoms with Crippen LogP contribution in [0.2, 0.25) is 0 Å². The van der Waals surface area contributed by atoms with Gasteiger partial charge in [-0.15, -0.1) is 0 Å². The molecule has 19 heavy (non-hydrogen) atoms. The van der Waals surface area contributed by atoms with Gasteiger partial charge in [0.1, 0.15) is 0 Å². The third-order valence-electron chi connectivity index (χ3n) is 2.77. The van der Waals surface area contributed by atoms with Crippen LogP contribution in [0.25, 0.3) is 0 Å². The first-order chi connectivity index (χ1) is 9.26. The van der Waals surface area contributed by atoms with E-state index in [-0.39, 0.29) is 0 Å². The molecule has 108 valence electrons. The summed E-state index contributed by atoms with van der Waals surface area (Å²) in [6.45, 7) is 2.82. The van der Waals surface area contributed by atoms with Crippen molar-refractivity contribution in [3.05, 3.63) is 18.2 Å². The zero-order valence-electron chi connectivity index (χ0n) is 11.7. The normalized spacial score (nSPS) is 10.3. The van der Waals surface area contributed by atoms with Crippen LogP contribution < -0.4 is 20.4 Å². The van der Waals surface area contributed by atoms with Crippen molar-refractivity contribution < 1.29 is 19.0 Å². The molecule has 6 nitrogen and oxygen atoms in total. The Morgan fingerprint density at radius 1 is 1.00 bits per heavy atom. The molecule has 0 radical (unpaired) electrons. The Balaban J connectivity index is 2.87. The smallest absolute Gasteiger partial charge is 0.188 e. The Bertz CT molecular complexity index is 366. The number of rotatable bonds is 9. The zero-order valence-corrected chi connectivity index (χ0v) is 11.7. The van der Waals surface area contributed by atoms with Crippen molar-refractivity contribution in [3.63, 3.8) is 0 Å². The molecule has 0 aliphatic rings. The van der Waals surface area contributed by atoms with Crippen molar-refractivity contribution in [2.75, 3.05) is 52.5 Å². The van der Waals surface area contributed by atoms with Gasteiger partial charge in [0.2, 0.25) is 0 Å². The summed E-state index contributed by atoms with van der Waals surface area (Å²) in [5, 5.41) is 0. The second-order valence-corrected chi connectivity index (χ2v) is 3.93. The van der Waals surface area contributed by atoms with Gasteiger partial charge in [-0.05, 0) is 12.1 Å². The number of nitrogens with two attached hydrogens (primary N) is 1. The average molecular weight is 270 g/mol. The molecule has 0 spiro atoms. The highest BCUT2D eigenvalue weighted by Crippen LogP contribution is 2.30. The molecule has 0 unspecified atom stereocenters. The highest BCUT2D eigenvalue weighted by atomic mass is 16.6. The molecule has 0 saturated carbocycles. The van der Waals surface area contributed by atoms with Crippen LogP contribution in [0.5, 0.6) is 11.5 Å². The molecule has 1 rings (SSSR count). The summed E-state index contributed by atoms with van der Waals surface area (Å²) in [6, 6.07) is 5.59. The maximum atomic E-state index is 5.24. The van der Waals surface area contributed by atoms with E-state index in [4.69, 9.17) is 24.9 Å². The Morgan fingerprint density at radius 3 is 2.11 bits per heavy atom. The molecule has 0 amide bonds. The molecule has 0 aromatic heterocycles. The quantitative estimate of drug-likeness (QED) is 0.677. The first-order valence-electron chi connectivity index (χ1n) is 6.04. The molecule has 0 aliphatic heterocycles. The third-order valence-corrected chi connectivity index (χ3v) is 2.77. The molecule has 6 heteroatoms. The number of hydrogen-bond acceptors (Lipinski definition) is 6. The molecule has 0 atom stereocenters. The van der Waals surface area contributed by atoms with E-state index in [2.05, 4.69) is 4.90 Å². The minimum absolute atomic E-state index is 0.504. The molecule has 1 aromatic rings. The minimum atomic E-state index is 0.504. The zero-order chi connectivity index (χ0) is 14.1. The van der Waals surface area contributed by atoms with Crippen LogP contribution in [-0.2, 0) is 9.47 Å². The van der Waals surface area contributed by atoms with Crippen molar-refractivity contribution in [2.45, 2.75) is 0 Å². The SMILES string of the molecule is COCCN(CCOC)c1ccc(ON)c(OC)c1. The summed E-state index contributed by atoms with van der Waals surface area (Å²) >= 11 is 0. The summed E-state index contributed by atoms with van der Waals surface area (Å²) in [7, 11) is 4.94. The van der Waals surface area contributed by atoms with E-state index in [1.807, 2.05) is 12.1 Å². The number of ether oxygens (including phenoxy) is 3. The van der Waals surface area contributed by atoms with Gasteiger partial charge in [-0.2, -0.15) is 5.90 Å². The van der Waals surface area contributed by atoms with Gasteiger partial charge in [-0.3, -0.25) is 0 Å². The van der Waals surface area contributed by atoms with Gasteiger partial charge in [-0.1, -0.05) is 0 Å². The second kappa shape index (κ2) is 8.58. The van der Waals surface area contributed by atoms with E-state index < -0.39 is 0 Å². The highest BCUT2D eigenvalue weighted by molar-refractivity contribution is 5.56. The lowest BCUT2D eigenvalue weighted by Gasteiger charge is -2.25. The molecule has 0 aliphatic carbocycles. The van der Waals surface area contributed by atoms with Crippen molar-refractivity contribution in [3.8, 4) is 11.5 Å². The molecule has 0 bridgehead atoms. The first-order valence-corrected chi connectivity index (χ1v) is 6.04. The van der Waals surface area contributed by atoms with Gasteiger partial charge in [0.15, 0.2) is 11.5 Å². The van der Waals surface area contributed by atoms with Crippen LogP contribution in [0.3, 0.4) is 0 Å². The summed E-state index contributed by atoms with van der Waals surface area (Å²) in [6.07, 6.45) is 0. The van der Waals surface area contributed by atoms with Crippen LogP contribution in [-0.4, -0.2) is 47.6 Å². The molecule has 2 N–H and O–H groups in total. The van der Waals surface area contributed by atoms with E-state index in [0.717, 1.165) is 18.8 Å². The van der Waals surface area contributed by atoms with E-state index in [1.54, 1.807) is 27.4 Å². The molecular weight excluding hydrogens is 248 g/mol. The Hall–Kier alpha value is -1.50. The van der Waals surface area contributed by atoms with E-state index >= 15 is 0 Å². The Morgan fingerprint density at radius 2 is 1.63 bits per heavy atom. The maximum absolute atomic E-state index is 5.24. The number of anilines is 1. The summed E-state index contributed by atoms with van der Waals surface area (Å²) < 4.78 is 15.5. The largest absolute Gasteiger partial charge is 0.493 e. The standard InChI is InChI=1S/C13H22N2O4/c1-16-8-6-15(7-9-17-2)11-4-5-12(19-14)13(10-11)18-3/h4-5,10H,6-9,14H2,1-3H3. The number of nitrogens with zero attached hydrogens (tertiary/aromatic N) is 1. The van der Waals surface area contributed by atoms with E-state index in [0.29, 0.717) is 24.7 Å². The fraction of sp³-hybridized carbons (Fsp3) is 0.538. The summed E-state index contributed by atoms with van der Waals surface area (Å²) in [4.78, 5) is 6.89. The highest BCUT2D eigenvalue weighted by Gasteiger charge is 2.11. The fourth-order valence-electron chi connectivity index (χ4n) is 1.72. The molecule has 1 aromatic carbocycles. The maximum Gasteiger partial charge on any atom is 0.188 e. The Kier molecular flexibility index (Phi) is 7.02. The van der Waals surface area contributed by atoms with Gasteiger partial charge in [0.05, 0.1) is 20.3 Å². The first kappa shape index (κ1) is 15.6. The molecule has 0 heterocycles. The molecule has 0 fully saturated rings. The van der Waals surface area contributed by atoms with Crippen LogP contribution in [0.1, 0.15) is 0 Å². The lowest BCUT2D eigenvalue weighted by Crippen LogP contribution is -2.30. The number of hydrogen-bond donors (Lipinski definition) is 1. The topological polar surface area (TPSA) is 66.2 Å². The van der Waals surface area contributed by atoms with Crippen molar-refractivity contribution in [1.29, 1.82) is 0 Å². The third kappa shape index (κ3) is 4.59. The lowest BCUT2D eigenvalue weighted by molar-refractivity contribution is 0.190. The van der Waals surface area contributed by atoms with Crippen molar-refractivity contribution in [1.82, 2.24) is 0 Å². The monoisotopic (exact) mass is 270 g/mol. The van der Waals surface area contributed by atoms with Gasteiger partial charge in [-0.25, -0.2) is 0 Å². The average Bonchev–Trinajstić information content (AvgIpc) is 2.46. The van der Waals surface area contributed by atoms with Gasteiger partial charge in [0, 0.05) is 39.1 Å². The Labute approximate surface area is 113 Å². The van der Waals surface area contributed by atoms with Gasteiger partial charge >= 0.3 is 0 Å². The van der Waals surface area contributed by atoms with Crippen LogP contribution >= 0.6 is 0 Å². The summed E-state index contributed by atoms with van der Waals surface area (Å²) in [5.74, 6) is 6.28. The molecular formula is C13H22N2O4. The van der Waals surface area contributed by atoms with Crippen LogP contribution in [0.4, 0.5) is 5.69 Å². The molecule has 0 saturated heterocycles. The van der Waals surface area contributed by atoms with Gasteiger partial charge in [0.25, 0.3) is 0 Å². The van der Waals surface area contributed by atoms with E-state index in [1.165, 1.54) is 0 Å². The van der Waals surface area contributed by atoms with E-state index in [9.17, 15) is 0 Å². The predicted octanol–water partition coefficient (Wildman–Crippen LogP) is 1.05. The summed E-state index contributed by atoms with van der Waals surface area (Å²) in [5.41, 5.74) is 1.01. The fourth-order valence-corrected chi connectivity index (χ4v) is 1.72. The number of methoxy groups -OCH3 is 3. The minimum Gasteiger partial charge on any atom is -0.493 e. The van der Waals surface area contributed by atoms with Crippen LogP contribution in [0, 0.1) is 0 Å². The number of benzene rings is 1. The lowest BCUT2D eigenvalue weighted by atomic mass is 10.2. The predicted molar refractivity (Wildman–Crippen MR) is 73.8 cm³/mol. The van der Waals surface area contributed by atoms with Crippen LogP contribution in [0.15, 0.2) is 18.2 Å². The van der Waals surface area contributed by atoms with Gasteiger partial charge < -0.3 is 23.9 Å².